The zero-order valence-electron chi connectivity index (χ0n) is 8.10. The number of carbonyl (C=O) groups is 2. The van der Waals surface area contributed by atoms with E-state index in [1.54, 1.807) is 19.1 Å². The molecular weight excluding hydrogens is 200 g/mol. The highest BCUT2D eigenvalue weighted by atomic mass is 16.6. The van der Waals surface area contributed by atoms with Gasteiger partial charge in [0.15, 0.2) is 6.10 Å². The van der Waals surface area contributed by atoms with Crippen LogP contribution in [-0.2, 0) is 14.3 Å². The van der Waals surface area contributed by atoms with E-state index in [0.717, 1.165) is 0 Å². The van der Waals surface area contributed by atoms with Crippen LogP contribution < -0.4 is 0 Å². The molecule has 5 heteroatoms. The smallest absolute Gasteiger partial charge is 0.311 e. The first-order chi connectivity index (χ1) is 7.08. The molecule has 15 heavy (non-hydrogen) atoms. The Morgan fingerprint density at radius 1 is 1.53 bits per heavy atom. The average Bonchev–Trinajstić information content (AvgIpc) is 2.71. The van der Waals surface area contributed by atoms with Crippen molar-refractivity contribution in [2.75, 3.05) is 0 Å². The largest absolute Gasteiger partial charge is 0.481 e. The number of carboxylic acids is 1. The summed E-state index contributed by atoms with van der Waals surface area (Å²) in [4.78, 5) is 21.9. The number of esters is 1. The summed E-state index contributed by atoms with van der Waals surface area (Å²) in [5.41, 5.74) is 0. The molecule has 0 aromatic carbocycles. The van der Waals surface area contributed by atoms with Crippen molar-refractivity contribution in [2.45, 2.75) is 19.4 Å². The van der Waals surface area contributed by atoms with Crippen LogP contribution in [0.1, 0.15) is 24.0 Å². The fourth-order valence-electron chi connectivity index (χ4n) is 1.64. The van der Waals surface area contributed by atoms with Crippen molar-refractivity contribution in [2.24, 2.45) is 5.92 Å². The summed E-state index contributed by atoms with van der Waals surface area (Å²) in [6, 6.07) is 3.34. The van der Waals surface area contributed by atoms with Crippen LogP contribution in [0.4, 0.5) is 0 Å². The van der Waals surface area contributed by atoms with Crippen molar-refractivity contribution < 1.29 is 23.8 Å². The Labute approximate surface area is 85.6 Å². The maximum absolute atomic E-state index is 11.0. The number of aliphatic carboxylic acids is 1. The maximum Gasteiger partial charge on any atom is 0.311 e. The van der Waals surface area contributed by atoms with Crippen LogP contribution in [0.2, 0.25) is 0 Å². The molecule has 0 amide bonds. The van der Waals surface area contributed by atoms with Gasteiger partial charge in [-0.1, -0.05) is 0 Å². The topological polar surface area (TPSA) is 76.7 Å². The van der Waals surface area contributed by atoms with Crippen LogP contribution in [-0.4, -0.2) is 17.0 Å². The second kappa shape index (κ2) is 3.42. The van der Waals surface area contributed by atoms with E-state index in [0.29, 0.717) is 11.5 Å². The first-order valence-electron chi connectivity index (χ1n) is 4.56. The Morgan fingerprint density at radius 3 is 2.80 bits per heavy atom. The fourth-order valence-corrected chi connectivity index (χ4v) is 1.64. The molecule has 1 aliphatic rings. The lowest BCUT2D eigenvalue weighted by molar-refractivity contribution is -0.145. The molecule has 2 rings (SSSR count). The fraction of sp³-hybridized carbons (Fsp3) is 0.400. The van der Waals surface area contributed by atoms with Gasteiger partial charge in [-0.2, -0.15) is 0 Å². The lowest BCUT2D eigenvalue weighted by atomic mass is 10.00. The highest BCUT2D eigenvalue weighted by molar-refractivity contribution is 5.82. The number of aryl methyl sites for hydroxylation is 1. The number of carbonyl (C=O) groups excluding carboxylic acids is 1. The first-order valence-corrected chi connectivity index (χ1v) is 4.56. The normalized spacial score (nSPS) is 25.3. The molecule has 5 nitrogen and oxygen atoms in total. The SMILES string of the molecule is Cc1ccc([C@@H]2OC(=O)C[C@@H]2C(=O)O)o1. The summed E-state index contributed by atoms with van der Waals surface area (Å²) in [6.07, 6.45) is -0.886. The minimum Gasteiger partial charge on any atom is -0.481 e. The molecule has 0 saturated carbocycles. The van der Waals surface area contributed by atoms with Gasteiger partial charge in [0.1, 0.15) is 17.4 Å². The second-order valence-electron chi connectivity index (χ2n) is 3.51. The summed E-state index contributed by atoms with van der Waals surface area (Å²) in [5, 5.41) is 8.90. The monoisotopic (exact) mass is 210 g/mol. The van der Waals surface area contributed by atoms with E-state index in [1.807, 2.05) is 0 Å². The van der Waals surface area contributed by atoms with Crippen LogP contribution in [0.3, 0.4) is 0 Å². The average molecular weight is 210 g/mol. The summed E-state index contributed by atoms with van der Waals surface area (Å²) in [5.74, 6) is -1.33. The van der Waals surface area contributed by atoms with E-state index in [2.05, 4.69) is 0 Å². The van der Waals surface area contributed by atoms with Crippen molar-refractivity contribution >= 4 is 11.9 Å². The van der Waals surface area contributed by atoms with Crippen LogP contribution in [0, 0.1) is 12.8 Å². The Hall–Kier alpha value is -1.78. The number of furan rings is 1. The summed E-state index contributed by atoms with van der Waals surface area (Å²) >= 11 is 0. The molecule has 1 saturated heterocycles. The third-order valence-electron chi connectivity index (χ3n) is 2.37. The van der Waals surface area contributed by atoms with Gasteiger partial charge in [0.25, 0.3) is 0 Å². The molecule has 1 N–H and O–H groups in total. The Morgan fingerprint density at radius 2 is 2.27 bits per heavy atom. The number of cyclic esters (lactones) is 1. The zero-order valence-corrected chi connectivity index (χ0v) is 8.10. The standard InChI is InChI=1S/C10H10O5/c1-5-2-3-7(14-5)9-6(10(12)13)4-8(11)15-9/h2-3,6,9H,4H2,1H3,(H,12,13)/t6-,9+/m0/s1. The van der Waals surface area contributed by atoms with Crippen LogP contribution in [0.15, 0.2) is 16.5 Å². The molecule has 0 unspecified atom stereocenters. The lowest BCUT2D eigenvalue weighted by Gasteiger charge is -2.10. The van der Waals surface area contributed by atoms with E-state index in [1.165, 1.54) is 0 Å². The summed E-state index contributed by atoms with van der Waals surface area (Å²) in [6.45, 7) is 1.75. The number of ether oxygens (including phenoxy) is 1. The van der Waals surface area contributed by atoms with E-state index >= 15 is 0 Å². The molecule has 2 heterocycles. The third-order valence-corrected chi connectivity index (χ3v) is 2.37. The molecule has 80 valence electrons. The van der Waals surface area contributed by atoms with Gasteiger partial charge in [0.2, 0.25) is 0 Å². The molecule has 1 aromatic heterocycles. The van der Waals surface area contributed by atoms with Crippen molar-refractivity contribution in [3.8, 4) is 0 Å². The second-order valence-corrected chi connectivity index (χ2v) is 3.51. The predicted molar refractivity (Wildman–Crippen MR) is 48.0 cm³/mol. The van der Waals surface area contributed by atoms with E-state index in [-0.39, 0.29) is 6.42 Å². The summed E-state index contributed by atoms with van der Waals surface area (Å²) < 4.78 is 10.2. The zero-order chi connectivity index (χ0) is 11.0. The number of hydrogen-bond acceptors (Lipinski definition) is 4. The highest BCUT2D eigenvalue weighted by Crippen LogP contribution is 2.36. The van der Waals surface area contributed by atoms with Crippen LogP contribution in [0.5, 0.6) is 0 Å². The van der Waals surface area contributed by atoms with Crippen LogP contribution >= 0.6 is 0 Å². The van der Waals surface area contributed by atoms with Gasteiger partial charge in [0.05, 0.1) is 6.42 Å². The van der Waals surface area contributed by atoms with Gasteiger partial charge in [-0.05, 0) is 19.1 Å². The molecule has 0 spiro atoms. The Kier molecular flexibility index (Phi) is 2.22. The molecule has 1 aromatic rings. The molecular formula is C10H10O5. The minimum absolute atomic E-state index is 0.0975. The lowest BCUT2D eigenvalue weighted by Crippen LogP contribution is -2.17. The van der Waals surface area contributed by atoms with Gasteiger partial charge >= 0.3 is 11.9 Å². The van der Waals surface area contributed by atoms with Crippen LogP contribution in [0.25, 0.3) is 0 Å². The Balaban J connectivity index is 2.27. The van der Waals surface area contributed by atoms with Crippen molar-refractivity contribution in [1.82, 2.24) is 0 Å². The van der Waals surface area contributed by atoms with Gasteiger partial charge in [-0.3, -0.25) is 9.59 Å². The first kappa shape index (κ1) is 9.76. The van der Waals surface area contributed by atoms with E-state index in [9.17, 15) is 9.59 Å². The molecule has 0 bridgehead atoms. The predicted octanol–water partition coefficient (Wildman–Crippen LogP) is 1.28. The molecule has 2 atom stereocenters. The van der Waals surface area contributed by atoms with Crippen molar-refractivity contribution in [3.63, 3.8) is 0 Å². The molecule has 0 radical (unpaired) electrons. The van der Waals surface area contributed by atoms with Crippen molar-refractivity contribution in [1.29, 1.82) is 0 Å². The number of carboxylic acid groups (broad SMARTS) is 1. The minimum atomic E-state index is -1.04. The molecule has 1 aliphatic heterocycles. The van der Waals surface area contributed by atoms with E-state index in [4.69, 9.17) is 14.3 Å². The summed E-state index contributed by atoms with van der Waals surface area (Å²) in [7, 11) is 0. The van der Waals surface area contributed by atoms with E-state index < -0.39 is 24.0 Å². The van der Waals surface area contributed by atoms with Gasteiger partial charge in [-0.15, -0.1) is 0 Å². The molecule has 0 aliphatic carbocycles. The number of rotatable bonds is 2. The quantitative estimate of drug-likeness (QED) is 0.744. The maximum atomic E-state index is 11.0. The Bertz CT molecular complexity index is 406. The van der Waals surface area contributed by atoms with Gasteiger partial charge in [-0.25, -0.2) is 0 Å². The highest BCUT2D eigenvalue weighted by Gasteiger charge is 2.42. The third kappa shape index (κ3) is 1.72. The molecule has 1 fully saturated rings. The van der Waals surface area contributed by atoms with Gasteiger partial charge in [0, 0.05) is 0 Å². The van der Waals surface area contributed by atoms with Crippen molar-refractivity contribution in [3.05, 3.63) is 23.7 Å². The van der Waals surface area contributed by atoms with Gasteiger partial charge < -0.3 is 14.3 Å². The number of hydrogen-bond donors (Lipinski definition) is 1.